The molecule has 1 aliphatic heterocycles. The number of nitrogens with zero attached hydrogens (tertiary/aromatic N) is 2. The van der Waals surface area contributed by atoms with Crippen molar-refractivity contribution < 1.29 is 18.0 Å². The van der Waals surface area contributed by atoms with Gasteiger partial charge in [-0.25, -0.2) is 0 Å². The third-order valence-electron chi connectivity index (χ3n) is 3.15. The summed E-state index contributed by atoms with van der Waals surface area (Å²) in [7, 11) is 0. The van der Waals surface area contributed by atoms with Crippen LogP contribution in [0.25, 0.3) is 0 Å². The maximum Gasteiger partial charge on any atom is 0.401 e. The molecule has 0 bridgehead atoms. The van der Waals surface area contributed by atoms with E-state index < -0.39 is 12.7 Å². The minimum Gasteiger partial charge on any atom is -0.336 e. The highest BCUT2D eigenvalue weighted by atomic mass is 79.9. The van der Waals surface area contributed by atoms with Gasteiger partial charge in [0.2, 0.25) is 0 Å². The fraction of sp³-hybridized carbons (Fsp3) is 0.462. The highest BCUT2D eigenvalue weighted by Crippen LogP contribution is 2.18. The van der Waals surface area contributed by atoms with E-state index in [9.17, 15) is 18.0 Å². The monoisotopic (exact) mass is 350 g/mol. The smallest absolute Gasteiger partial charge is 0.336 e. The van der Waals surface area contributed by atoms with Crippen molar-refractivity contribution in [1.82, 2.24) is 9.80 Å². The van der Waals surface area contributed by atoms with Gasteiger partial charge in [-0.2, -0.15) is 13.2 Å². The average Bonchev–Trinajstić information content (AvgIpc) is 2.38. The minimum absolute atomic E-state index is 0.135. The molecule has 1 aromatic rings. The van der Waals surface area contributed by atoms with Crippen molar-refractivity contribution in [2.75, 3.05) is 32.7 Å². The fourth-order valence-corrected chi connectivity index (χ4v) is 2.40. The Bertz CT molecular complexity index is 467. The largest absolute Gasteiger partial charge is 0.401 e. The summed E-state index contributed by atoms with van der Waals surface area (Å²) in [6.07, 6.45) is -4.18. The van der Waals surface area contributed by atoms with Gasteiger partial charge in [0.1, 0.15) is 0 Å². The molecule has 0 aromatic heterocycles. The van der Waals surface area contributed by atoms with E-state index in [1.165, 1.54) is 4.90 Å². The van der Waals surface area contributed by atoms with Crippen molar-refractivity contribution >= 4 is 21.8 Å². The quantitative estimate of drug-likeness (QED) is 0.818. The van der Waals surface area contributed by atoms with Gasteiger partial charge in [-0.15, -0.1) is 0 Å². The molecule has 1 aromatic carbocycles. The van der Waals surface area contributed by atoms with Crippen molar-refractivity contribution in [3.8, 4) is 0 Å². The van der Waals surface area contributed by atoms with Gasteiger partial charge in [0.05, 0.1) is 6.54 Å². The van der Waals surface area contributed by atoms with Crippen LogP contribution >= 0.6 is 15.9 Å². The molecular formula is C13H14BrF3N2O. The van der Waals surface area contributed by atoms with Crippen molar-refractivity contribution in [1.29, 1.82) is 0 Å². The molecule has 0 atom stereocenters. The first-order valence-electron chi connectivity index (χ1n) is 6.19. The molecule has 0 aliphatic carbocycles. The average molecular weight is 351 g/mol. The second kappa shape index (κ2) is 6.13. The van der Waals surface area contributed by atoms with Gasteiger partial charge in [0, 0.05) is 36.2 Å². The molecule has 20 heavy (non-hydrogen) atoms. The van der Waals surface area contributed by atoms with Crippen LogP contribution in [0.5, 0.6) is 0 Å². The topological polar surface area (TPSA) is 23.6 Å². The van der Waals surface area contributed by atoms with Gasteiger partial charge in [-0.05, 0) is 24.3 Å². The molecule has 7 heteroatoms. The summed E-state index contributed by atoms with van der Waals surface area (Å²) in [4.78, 5) is 15.1. The first kappa shape index (κ1) is 15.3. The van der Waals surface area contributed by atoms with Crippen LogP contribution in [-0.4, -0.2) is 54.6 Å². The predicted molar refractivity (Wildman–Crippen MR) is 72.5 cm³/mol. The number of hydrogen-bond donors (Lipinski definition) is 0. The lowest BCUT2D eigenvalue weighted by molar-refractivity contribution is -0.148. The lowest BCUT2D eigenvalue weighted by atomic mass is 10.2. The fourth-order valence-electron chi connectivity index (χ4n) is 2.14. The van der Waals surface area contributed by atoms with E-state index in [0.29, 0.717) is 18.7 Å². The van der Waals surface area contributed by atoms with E-state index in [4.69, 9.17) is 0 Å². The van der Waals surface area contributed by atoms with E-state index in [-0.39, 0.29) is 19.0 Å². The SMILES string of the molecule is O=C(c1ccc(Br)cc1)N1CCN(CC(F)(F)F)CC1. The number of piperazine rings is 1. The number of alkyl halides is 3. The van der Waals surface area contributed by atoms with E-state index >= 15 is 0 Å². The maximum atomic E-state index is 12.3. The van der Waals surface area contributed by atoms with Crippen LogP contribution in [-0.2, 0) is 0 Å². The summed E-state index contributed by atoms with van der Waals surface area (Å²) >= 11 is 3.29. The Hall–Kier alpha value is -1.08. The molecule has 110 valence electrons. The van der Waals surface area contributed by atoms with Gasteiger partial charge in [0.15, 0.2) is 0 Å². The van der Waals surface area contributed by atoms with Gasteiger partial charge >= 0.3 is 6.18 Å². The van der Waals surface area contributed by atoms with Gasteiger partial charge < -0.3 is 4.90 Å². The molecule has 1 heterocycles. The van der Waals surface area contributed by atoms with Crippen LogP contribution in [0.3, 0.4) is 0 Å². The Morgan fingerprint density at radius 1 is 1.10 bits per heavy atom. The molecule has 1 aliphatic rings. The molecule has 0 saturated carbocycles. The molecule has 0 unspecified atom stereocenters. The summed E-state index contributed by atoms with van der Waals surface area (Å²) in [6, 6.07) is 6.95. The lowest BCUT2D eigenvalue weighted by Crippen LogP contribution is -2.50. The summed E-state index contributed by atoms with van der Waals surface area (Å²) in [6.45, 7) is 0.243. The number of hydrogen-bond acceptors (Lipinski definition) is 2. The number of benzene rings is 1. The van der Waals surface area contributed by atoms with Crippen LogP contribution in [0.15, 0.2) is 28.7 Å². The summed E-state index contributed by atoms with van der Waals surface area (Å²) < 4.78 is 37.7. The second-order valence-corrected chi connectivity index (χ2v) is 5.61. The van der Waals surface area contributed by atoms with Crippen molar-refractivity contribution in [3.63, 3.8) is 0 Å². The van der Waals surface area contributed by atoms with Crippen LogP contribution in [0.2, 0.25) is 0 Å². The summed E-state index contributed by atoms with van der Waals surface area (Å²) in [5.74, 6) is -0.135. The Kier molecular flexibility index (Phi) is 4.70. The Morgan fingerprint density at radius 2 is 1.65 bits per heavy atom. The number of halogens is 4. The predicted octanol–water partition coefficient (Wildman–Crippen LogP) is 2.77. The highest BCUT2D eigenvalue weighted by molar-refractivity contribution is 9.10. The molecule has 0 N–H and O–H groups in total. The third kappa shape index (κ3) is 4.21. The van der Waals surface area contributed by atoms with E-state index in [1.807, 2.05) is 0 Å². The van der Waals surface area contributed by atoms with E-state index in [0.717, 1.165) is 4.47 Å². The number of rotatable bonds is 2. The zero-order chi connectivity index (χ0) is 14.8. The van der Waals surface area contributed by atoms with E-state index in [1.54, 1.807) is 29.2 Å². The summed E-state index contributed by atoms with van der Waals surface area (Å²) in [5, 5.41) is 0. The highest BCUT2D eigenvalue weighted by Gasteiger charge is 2.32. The zero-order valence-electron chi connectivity index (χ0n) is 10.7. The van der Waals surface area contributed by atoms with Crippen molar-refractivity contribution in [3.05, 3.63) is 34.3 Å². The van der Waals surface area contributed by atoms with Gasteiger partial charge in [-0.1, -0.05) is 15.9 Å². The minimum atomic E-state index is -4.18. The maximum absolute atomic E-state index is 12.3. The third-order valence-corrected chi connectivity index (χ3v) is 3.68. The van der Waals surface area contributed by atoms with Crippen molar-refractivity contribution in [2.45, 2.75) is 6.18 Å². The summed E-state index contributed by atoms with van der Waals surface area (Å²) in [5.41, 5.74) is 0.553. The first-order valence-corrected chi connectivity index (χ1v) is 6.98. The van der Waals surface area contributed by atoms with Crippen LogP contribution in [0.1, 0.15) is 10.4 Å². The number of amides is 1. The molecule has 0 spiro atoms. The number of carbonyl (C=O) groups is 1. The molecule has 0 radical (unpaired) electrons. The number of carbonyl (C=O) groups excluding carboxylic acids is 1. The molecule has 1 amide bonds. The zero-order valence-corrected chi connectivity index (χ0v) is 12.2. The van der Waals surface area contributed by atoms with Crippen LogP contribution < -0.4 is 0 Å². The Morgan fingerprint density at radius 3 is 2.15 bits per heavy atom. The molecular weight excluding hydrogens is 337 g/mol. The van der Waals surface area contributed by atoms with Crippen LogP contribution in [0, 0.1) is 0 Å². The first-order chi connectivity index (χ1) is 9.35. The molecule has 2 rings (SSSR count). The Labute approximate surface area is 123 Å². The van der Waals surface area contributed by atoms with E-state index in [2.05, 4.69) is 15.9 Å². The van der Waals surface area contributed by atoms with Gasteiger partial charge in [0.25, 0.3) is 5.91 Å². The van der Waals surface area contributed by atoms with Gasteiger partial charge in [-0.3, -0.25) is 9.69 Å². The molecule has 3 nitrogen and oxygen atoms in total. The second-order valence-electron chi connectivity index (χ2n) is 4.69. The lowest BCUT2D eigenvalue weighted by Gasteiger charge is -2.35. The molecule has 1 saturated heterocycles. The Balaban J connectivity index is 1.90. The standard InChI is InChI=1S/C13H14BrF3N2O/c14-11-3-1-10(2-4-11)12(20)19-7-5-18(6-8-19)9-13(15,16)17/h1-4H,5-9H2. The molecule has 1 fully saturated rings. The van der Waals surface area contributed by atoms with Crippen LogP contribution in [0.4, 0.5) is 13.2 Å². The normalized spacial score (nSPS) is 17.3. The van der Waals surface area contributed by atoms with Crippen molar-refractivity contribution in [2.24, 2.45) is 0 Å².